The summed E-state index contributed by atoms with van der Waals surface area (Å²) in [4.78, 5) is 0. The van der Waals surface area contributed by atoms with E-state index < -0.39 is 6.10 Å². The van der Waals surface area contributed by atoms with Gasteiger partial charge in [0.2, 0.25) is 0 Å². The van der Waals surface area contributed by atoms with Crippen molar-refractivity contribution in [1.29, 1.82) is 5.26 Å². The van der Waals surface area contributed by atoms with Crippen LogP contribution in [0.3, 0.4) is 0 Å². The molecule has 0 heterocycles. The van der Waals surface area contributed by atoms with Crippen molar-refractivity contribution in [2.24, 2.45) is 5.92 Å². The molecule has 0 amide bonds. The van der Waals surface area contributed by atoms with Crippen LogP contribution in [0.4, 0.5) is 0 Å². The van der Waals surface area contributed by atoms with E-state index in [-0.39, 0.29) is 6.10 Å². The molecule has 0 aliphatic heterocycles. The zero-order valence-electron chi connectivity index (χ0n) is 10.2. The normalized spacial score (nSPS) is 24.1. The van der Waals surface area contributed by atoms with Gasteiger partial charge in [-0.2, -0.15) is 5.26 Å². The molecule has 0 radical (unpaired) electrons. The molecule has 1 aromatic carbocycles. The zero-order valence-corrected chi connectivity index (χ0v) is 10.2. The van der Waals surface area contributed by atoms with E-state index in [4.69, 9.17) is 10.4 Å². The van der Waals surface area contributed by atoms with E-state index in [1.807, 2.05) is 6.07 Å². The molecule has 4 heteroatoms. The Kier molecular flexibility index (Phi) is 4.32. The molecule has 2 rings (SSSR count). The van der Waals surface area contributed by atoms with E-state index in [9.17, 15) is 5.11 Å². The lowest BCUT2D eigenvalue weighted by atomic mass is 9.82. The average molecular weight is 246 g/mol. The van der Waals surface area contributed by atoms with Crippen LogP contribution in [-0.2, 0) is 0 Å². The number of benzene rings is 1. The predicted octanol–water partition coefficient (Wildman–Crippen LogP) is 0.952. The second-order valence-electron chi connectivity index (χ2n) is 4.90. The van der Waals surface area contributed by atoms with Gasteiger partial charge in [0.15, 0.2) is 0 Å². The smallest absolute Gasteiger partial charge is 0.0991 e. The van der Waals surface area contributed by atoms with Gasteiger partial charge in [-0.25, -0.2) is 0 Å². The van der Waals surface area contributed by atoms with Gasteiger partial charge in [-0.15, -0.1) is 0 Å². The van der Waals surface area contributed by atoms with Crippen LogP contribution in [0.2, 0.25) is 0 Å². The molecule has 1 unspecified atom stereocenters. The van der Waals surface area contributed by atoms with Crippen LogP contribution in [0.15, 0.2) is 24.3 Å². The van der Waals surface area contributed by atoms with E-state index in [2.05, 4.69) is 5.32 Å². The van der Waals surface area contributed by atoms with Crippen LogP contribution < -0.4 is 5.32 Å². The minimum absolute atomic E-state index is 0.125. The Morgan fingerprint density at radius 1 is 1.33 bits per heavy atom. The summed E-state index contributed by atoms with van der Waals surface area (Å²) in [7, 11) is 0. The van der Waals surface area contributed by atoms with Gasteiger partial charge in [-0.3, -0.25) is 0 Å². The Labute approximate surface area is 107 Å². The second kappa shape index (κ2) is 5.96. The molecule has 1 saturated carbocycles. The highest BCUT2D eigenvalue weighted by Gasteiger charge is 2.26. The van der Waals surface area contributed by atoms with Crippen molar-refractivity contribution < 1.29 is 10.2 Å². The summed E-state index contributed by atoms with van der Waals surface area (Å²) in [6, 6.07) is 9.02. The average Bonchev–Trinajstić information content (AvgIpc) is 2.36. The van der Waals surface area contributed by atoms with Crippen molar-refractivity contribution in [3.05, 3.63) is 35.4 Å². The highest BCUT2D eigenvalue weighted by molar-refractivity contribution is 5.32. The summed E-state index contributed by atoms with van der Waals surface area (Å²) in [5, 5.41) is 31.0. The Morgan fingerprint density at radius 3 is 2.56 bits per heavy atom. The van der Waals surface area contributed by atoms with Crippen LogP contribution in [0.25, 0.3) is 0 Å². The van der Waals surface area contributed by atoms with E-state index in [1.54, 1.807) is 24.3 Å². The molecular weight excluding hydrogens is 228 g/mol. The Balaban J connectivity index is 1.73. The van der Waals surface area contributed by atoms with Crippen LogP contribution >= 0.6 is 0 Å². The summed E-state index contributed by atoms with van der Waals surface area (Å²) in [5.41, 5.74) is 1.41. The van der Waals surface area contributed by atoms with E-state index >= 15 is 0 Å². The Bertz CT molecular complexity index is 418. The number of aliphatic hydroxyl groups is 2. The fraction of sp³-hybridized carbons (Fsp3) is 0.500. The fourth-order valence-electron chi connectivity index (χ4n) is 2.19. The van der Waals surface area contributed by atoms with Gasteiger partial charge in [0, 0.05) is 6.54 Å². The molecule has 1 aliphatic carbocycles. The van der Waals surface area contributed by atoms with Gasteiger partial charge in [-0.05, 0) is 43.0 Å². The number of nitriles is 1. The van der Waals surface area contributed by atoms with E-state index in [0.29, 0.717) is 18.0 Å². The number of nitrogens with one attached hydrogen (secondary N) is 1. The largest absolute Gasteiger partial charge is 0.393 e. The molecule has 4 nitrogen and oxygen atoms in total. The molecule has 1 aliphatic rings. The number of hydrogen-bond donors (Lipinski definition) is 3. The van der Waals surface area contributed by atoms with Gasteiger partial charge < -0.3 is 15.5 Å². The number of aliphatic hydroxyl groups excluding tert-OH is 2. The molecule has 0 aromatic heterocycles. The number of hydrogen-bond acceptors (Lipinski definition) is 4. The number of nitrogens with zero attached hydrogens (tertiary/aromatic N) is 1. The van der Waals surface area contributed by atoms with Crippen LogP contribution in [0.1, 0.15) is 30.1 Å². The van der Waals surface area contributed by atoms with Gasteiger partial charge in [0.1, 0.15) is 0 Å². The first kappa shape index (κ1) is 13.0. The molecule has 0 saturated heterocycles. The summed E-state index contributed by atoms with van der Waals surface area (Å²) < 4.78 is 0. The standard InChI is InChI=1S/C14H18N2O2/c15-7-10-1-3-12(4-2-10)14(18)9-16-8-11-5-13(17)6-11/h1-4,11,13-14,16-18H,5-6,8-9H2. The molecule has 1 atom stereocenters. The van der Waals surface area contributed by atoms with Crippen molar-refractivity contribution in [3.8, 4) is 6.07 Å². The molecule has 18 heavy (non-hydrogen) atoms. The quantitative estimate of drug-likeness (QED) is 0.723. The SMILES string of the molecule is N#Cc1ccc(C(O)CNCC2CC(O)C2)cc1. The molecule has 1 aromatic rings. The lowest BCUT2D eigenvalue weighted by molar-refractivity contribution is 0.0415. The fourth-order valence-corrected chi connectivity index (χ4v) is 2.19. The topological polar surface area (TPSA) is 76.3 Å². The molecule has 0 spiro atoms. The minimum atomic E-state index is -0.553. The van der Waals surface area contributed by atoms with Crippen molar-refractivity contribution >= 4 is 0 Å². The van der Waals surface area contributed by atoms with Crippen molar-refractivity contribution in [1.82, 2.24) is 5.32 Å². The summed E-state index contributed by atoms with van der Waals surface area (Å²) in [5.74, 6) is 0.535. The summed E-state index contributed by atoms with van der Waals surface area (Å²) in [6.07, 6.45) is 1.04. The van der Waals surface area contributed by atoms with Crippen molar-refractivity contribution in [2.75, 3.05) is 13.1 Å². The van der Waals surface area contributed by atoms with E-state index in [0.717, 1.165) is 24.9 Å². The third-order valence-corrected chi connectivity index (χ3v) is 3.41. The van der Waals surface area contributed by atoms with Crippen LogP contribution in [0, 0.1) is 17.2 Å². The Hall–Kier alpha value is -1.41. The van der Waals surface area contributed by atoms with Crippen LogP contribution in [-0.4, -0.2) is 29.4 Å². The lowest BCUT2D eigenvalue weighted by Crippen LogP contribution is -2.37. The second-order valence-corrected chi connectivity index (χ2v) is 4.90. The molecule has 0 bridgehead atoms. The maximum absolute atomic E-state index is 9.94. The zero-order chi connectivity index (χ0) is 13.0. The van der Waals surface area contributed by atoms with Crippen LogP contribution in [0.5, 0.6) is 0 Å². The van der Waals surface area contributed by atoms with Gasteiger partial charge in [-0.1, -0.05) is 12.1 Å². The first-order valence-corrected chi connectivity index (χ1v) is 6.26. The number of rotatable bonds is 5. The molecule has 3 N–H and O–H groups in total. The Morgan fingerprint density at radius 2 is 2.00 bits per heavy atom. The monoisotopic (exact) mass is 246 g/mol. The third kappa shape index (κ3) is 3.30. The van der Waals surface area contributed by atoms with E-state index in [1.165, 1.54) is 0 Å². The maximum Gasteiger partial charge on any atom is 0.0991 e. The highest BCUT2D eigenvalue weighted by atomic mass is 16.3. The molecule has 1 fully saturated rings. The minimum Gasteiger partial charge on any atom is -0.393 e. The summed E-state index contributed by atoms with van der Waals surface area (Å²) in [6.45, 7) is 1.34. The molecule has 96 valence electrons. The maximum atomic E-state index is 9.94. The van der Waals surface area contributed by atoms with Gasteiger partial charge in [0.25, 0.3) is 0 Å². The predicted molar refractivity (Wildman–Crippen MR) is 67.7 cm³/mol. The first-order valence-electron chi connectivity index (χ1n) is 6.26. The summed E-state index contributed by atoms with van der Waals surface area (Å²) >= 11 is 0. The van der Waals surface area contributed by atoms with Gasteiger partial charge >= 0.3 is 0 Å². The van der Waals surface area contributed by atoms with Crippen molar-refractivity contribution in [2.45, 2.75) is 25.0 Å². The van der Waals surface area contributed by atoms with Gasteiger partial charge in [0.05, 0.1) is 23.8 Å². The highest BCUT2D eigenvalue weighted by Crippen LogP contribution is 2.26. The molecular formula is C14H18N2O2. The van der Waals surface area contributed by atoms with Crippen molar-refractivity contribution in [3.63, 3.8) is 0 Å². The third-order valence-electron chi connectivity index (χ3n) is 3.41. The lowest BCUT2D eigenvalue weighted by Gasteiger charge is -2.31. The first-order chi connectivity index (χ1) is 8.69.